The number of rotatable bonds is 4. The topological polar surface area (TPSA) is 169 Å². The molecule has 0 radical (unpaired) electrons. The van der Waals surface area contributed by atoms with Gasteiger partial charge < -0.3 is 50.0 Å². The van der Waals surface area contributed by atoms with Crippen molar-refractivity contribution < 1.29 is 50.0 Å². The molecule has 7 N–H and O–H groups in total. The molecule has 0 saturated carbocycles. The average Bonchev–Trinajstić information content (AvgIpc) is 2.49. The van der Waals surface area contributed by atoms with Crippen LogP contribution in [0.15, 0.2) is 0 Å². The van der Waals surface area contributed by atoms with E-state index in [1.54, 1.807) is 0 Å². The summed E-state index contributed by atoms with van der Waals surface area (Å²) in [4.78, 5) is 0. The van der Waals surface area contributed by atoms with Crippen LogP contribution >= 0.6 is 0 Å². The fourth-order valence-corrected chi connectivity index (χ4v) is 2.58. The highest BCUT2D eigenvalue weighted by molar-refractivity contribution is 4.91. The molecule has 2 heterocycles. The van der Waals surface area contributed by atoms with E-state index >= 15 is 0 Å². The SMILES string of the molecule is OC[C@@H]1O[C@H](O[C@H]2[C@H](CO)O[C@H](O)C[C@@H]2O)[C@@H](O)[C@H](O)[C@@H]1O. The van der Waals surface area contributed by atoms with Gasteiger partial charge >= 0.3 is 0 Å². The molecular weight excluding hydrogens is 304 g/mol. The van der Waals surface area contributed by atoms with E-state index in [4.69, 9.17) is 19.3 Å². The maximum absolute atomic E-state index is 9.92. The molecule has 0 aliphatic carbocycles. The van der Waals surface area contributed by atoms with Gasteiger partial charge in [-0.3, -0.25) is 0 Å². The van der Waals surface area contributed by atoms with E-state index in [1.807, 2.05) is 0 Å². The van der Waals surface area contributed by atoms with Crippen molar-refractivity contribution >= 4 is 0 Å². The van der Waals surface area contributed by atoms with Crippen LogP contribution in [-0.2, 0) is 14.2 Å². The number of hydrogen-bond acceptors (Lipinski definition) is 10. The summed E-state index contributed by atoms with van der Waals surface area (Å²) in [7, 11) is 0. The Kier molecular flexibility index (Phi) is 6.07. The predicted molar refractivity (Wildman–Crippen MR) is 67.2 cm³/mol. The molecule has 130 valence electrons. The van der Waals surface area contributed by atoms with E-state index in [2.05, 4.69) is 0 Å². The molecule has 2 saturated heterocycles. The van der Waals surface area contributed by atoms with Crippen molar-refractivity contribution in [2.24, 2.45) is 0 Å². The first-order valence-electron chi connectivity index (χ1n) is 6.97. The molecule has 9 atom stereocenters. The maximum atomic E-state index is 9.92. The largest absolute Gasteiger partial charge is 0.394 e. The zero-order valence-electron chi connectivity index (χ0n) is 11.7. The lowest BCUT2D eigenvalue weighted by molar-refractivity contribution is -0.342. The van der Waals surface area contributed by atoms with Crippen LogP contribution in [0, 0.1) is 0 Å². The lowest BCUT2D eigenvalue weighted by Crippen LogP contribution is -2.62. The van der Waals surface area contributed by atoms with Crippen molar-refractivity contribution in [3.63, 3.8) is 0 Å². The second-order valence-electron chi connectivity index (χ2n) is 5.41. The minimum atomic E-state index is -1.63. The standard InChI is InChI=1S/C12H22O10/c13-2-5-8(17)9(18)10(19)12(21-5)22-11-4(15)1-7(16)20-6(11)3-14/h4-19H,1-3H2/t4-,5-,6-,7-,8+,9+,10-,11+,12+/m0/s1. The predicted octanol–water partition coefficient (Wildman–Crippen LogP) is -4.37. The molecule has 2 aliphatic rings. The third kappa shape index (κ3) is 3.57. The highest BCUT2D eigenvalue weighted by atomic mass is 16.7. The highest BCUT2D eigenvalue weighted by Gasteiger charge is 2.47. The van der Waals surface area contributed by atoms with Crippen LogP contribution in [0.1, 0.15) is 6.42 Å². The second kappa shape index (κ2) is 7.45. The van der Waals surface area contributed by atoms with Crippen LogP contribution in [0.25, 0.3) is 0 Å². The Labute approximate surface area is 126 Å². The van der Waals surface area contributed by atoms with Gasteiger partial charge in [-0.1, -0.05) is 0 Å². The molecule has 0 spiro atoms. The Morgan fingerprint density at radius 2 is 1.45 bits per heavy atom. The van der Waals surface area contributed by atoms with E-state index in [0.717, 1.165) is 0 Å². The zero-order chi connectivity index (χ0) is 16.4. The van der Waals surface area contributed by atoms with Gasteiger partial charge in [0.2, 0.25) is 0 Å². The van der Waals surface area contributed by atoms with Crippen molar-refractivity contribution in [1.29, 1.82) is 0 Å². The number of aliphatic hydroxyl groups is 7. The minimum Gasteiger partial charge on any atom is -0.394 e. The van der Waals surface area contributed by atoms with Crippen LogP contribution in [0.4, 0.5) is 0 Å². The normalized spacial score (nSPS) is 50.0. The molecule has 2 fully saturated rings. The van der Waals surface area contributed by atoms with Gasteiger partial charge in [0, 0.05) is 6.42 Å². The summed E-state index contributed by atoms with van der Waals surface area (Å²) < 4.78 is 15.5. The van der Waals surface area contributed by atoms with Crippen molar-refractivity contribution in [3.8, 4) is 0 Å². The van der Waals surface area contributed by atoms with Crippen molar-refractivity contribution in [3.05, 3.63) is 0 Å². The first-order valence-corrected chi connectivity index (χ1v) is 6.97. The summed E-state index contributed by atoms with van der Waals surface area (Å²) >= 11 is 0. The van der Waals surface area contributed by atoms with Crippen LogP contribution in [-0.4, -0.2) is 104 Å². The molecule has 0 unspecified atom stereocenters. The summed E-state index contributed by atoms with van der Waals surface area (Å²) in [6.07, 6.45) is -12.2. The smallest absolute Gasteiger partial charge is 0.187 e. The Morgan fingerprint density at radius 1 is 0.818 bits per heavy atom. The third-order valence-electron chi connectivity index (χ3n) is 3.84. The monoisotopic (exact) mass is 326 g/mol. The summed E-state index contributed by atoms with van der Waals surface area (Å²) in [6.45, 7) is -1.17. The molecule has 0 aromatic carbocycles. The number of aliphatic hydroxyl groups excluding tert-OH is 7. The minimum absolute atomic E-state index is 0.168. The van der Waals surface area contributed by atoms with E-state index < -0.39 is 68.5 Å². The lowest BCUT2D eigenvalue weighted by Gasteiger charge is -2.44. The van der Waals surface area contributed by atoms with Crippen molar-refractivity contribution in [2.45, 2.75) is 61.7 Å². The second-order valence-corrected chi connectivity index (χ2v) is 5.41. The molecule has 0 aromatic heterocycles. The summed E-state index contributed by atoms with van der Waals surface area (Å²) in [5.41, 5.74) is 0. The summed E-state index contributed by atoms with van der Waals surface area (Å²) in [6, 6.07) is 0. The fraction of sp³-hybridized carbons (Fsp3) is 1.00. The number of ether oxygens (including phenoxy) is 3. The van der Waals surface area contributed by atoms with Gasteiger partial charge in [-0.25, -0.2) is 0 Å². The summed E-state index contributed by atoms with van der Waals surface area (Å²) in [5.74, 6) is 0. The third-order valence-corrected chi connectivity index (χ3v) is 3.84. The molecule has 2 aliphatic heterocycles. The maximum Gasteiger partial charge on any atom is 0.187 e. The lowest BCUT2D eigenvalue weighted by atomic mass is 9.98. The Bertz CT molecular complexity index is 353. The molecule has 10 heteroatoms. The highest BCUT2D eigenvalue weighted by Crippen LogP contribution is 2.28. The van der Waals surface area contributed by atoms with E-state index in [-0.39, 0.29) is 6.42 Å². The van der Waals surface area contributed by atoms with Gasteiger partial charge in [-0.2, -0.15) is 0 Å². The van der Waals surface area contributed by atoms with Crippen LogP contribution in [0.5, 0.6) is 0 Å². The van der Waals surface area contributed by atoms with Crippen molar-refractivity contribution in [1.82, 2.24) is 0 Å². The average molecular weight is 326 g/mol. The van der Waals surface area contributed by atoms with Crippen LogP contribution in [0.3, 0.4) is 0 Å². The van der Waals surface area contributed by atoms with Crippen LogP contribution in [0.2, 0.25) is 0 Å². The molecule has 0 aromatic rings. The quantitative estimate of drug-likeness (QED) is 0.268. The molecule has 2 rings (SSSR count). The summed E-state index contributed by atoms with van der Waals surface area (Å²) in [5, 5.41) is 66.8. The Morgan fingerprint density at radius 3 is 2.05 bits per heavy atom. The van der Waals surface area contributed by atoms with Gasteiger partial charge in [0.25, 0.3) is 0 Å². The molecule has 22 heavy (non-hydrogen) atoms. The molecule has 0 amide bonds. The first-order chi connectivity index (χ1) is 10.4. The molecule has 10 nitrogen and oxygen atoms in total. The number of hydrogen-bond donors (Lipinski definition) is 7. The Hall–Kier alpha value is -0.400. The molecule has 0 bridgehead atoms. The van der Waals surface area contributed by atoms with Crippen LogP contribution < -0.4 is 0 Å². The molecular formula is C12H22O10. The van der Waals surface area contributed by atoms with E-state index in [1.165, 1.54) is 0 Å². The first kappa shape index (κ1) is 17.9. The van der Waals surface area contributed by atoms with Gasteiger partial charge in [0.15, 0.2) is 12.6 Å². The van der Waals surface area contributed by atoms with Gasteiger partial charge in [-0.15, -0.1) is 0 Å². The van der Waals surface area contributed by atoms with E-state index in [9.17, 15) is 30.6 Å². The zero-order valence-corrected chi connectivity index (χ0v) is 11.7. The van der Waals surface area contributed by atoms with E-state index in [0.29, 0.717) is 0 Å². The Balaban J connectivity index is 2.07. The fourth-order valence-electron chi connectivity index (χ4n) is 2.58. The van der Waals surface area contributed by atoms with Gasteiger partial charge in [0.1, 0.15) is 36.6 Å². The van der Waals surface area contributed by atoms with Crippen molar-refractivity contribution in [2.75, 3.05) is 13.2 Å². The van der Waals surface area contributed by atoms with Gasteiger partial charge in [-0.05, 0) is 0 Å². The van der Waals surface area contributed by atoms with Gasteiger partial charge in [0.05, 0.1) is 19.3 Å².